The van der Waals surface area contributed by atoms with Crippen LogP contribution in [0.4, 0.5) is 10.5 Å². The zero-order valence-electron chi connectivity index (χ0n) is 19.3. The molecule has 1 fully saturated rings. The van der Waals surface area contributed by atoms with Gasteiger partial charge in [-0.25, -0.2) is 4.79 Å². The molecule has 1 saturated carbocycles. The van der Waals surface area contributed by atoms with E-state index in [1.165, 1.54) is 10.9 Å². The number of aromatic nitrogens is 2. The molecule has 5 rings (SSSR count). The number of nitrogens with one attached hydrogen (secondary N) is 1. The highest BCUT2D eigenvalue weighted by Crippen LogP contribution is 2.44. The normalized spacial score (nSPS) is 18.2. The molecular weight excluding hydrogens is 448 g/mol. The molecule has 2 aliphatic carbocycles. The molecule has 9 nitrogen and oxygen atoms in total. The van der Waals surface area contributed by atoms with Crippen molar-refractivity contribution in [1.82, 2.24) is 14.7 Å². The van der Waals surface area contributed by atoms with Crippen LogP contribution in [-0.2, 0) is 20.9 Å². The third-order valence-electron chi connectivity index (χ3n) is 6.92. The summed E-state index contributed by atoms with van der Waals surface area (Å²) >= 11 is 0. The molecule has 2 amide bonds. The van der Waals surface area contributed by atoms with Gasteiger partial charge in [-0.1, -0.05) is 48.5 Å². The number of aliphatic carboxylic acids is 1. The molecule has 1 heterocycles. The first-order valence-corrected chi connectivity index (χ1v) is 11.5. The first-order valence-electron chi connectivity index (χ1n) is 11.5. The van der Waals surface area contributed by atoms with Crippen molar-refractivity contribution < 1.29 is 24.2 Å². The Bertz CT molecular complexity index is 1230. The van der Waals surface area contributed by atoms with Crippen LogP contribution in [0.25, 0.3) is 11.1 Å². The molecule has 0 bridgehead atoms. The number of amides is 2. The second-order valence-corrected chi connectivity index (χ2v) is 9.04. The van der Waals surface area contributed by atoms with E-state index >= 15 is 0 Å². The summed E-state index contributed by atoms with van der Waals surface area (Å²) in [7, 11) is 1.67. The second kappa shape index (κ2) is 9.25. The highest BCUT2D eigenvalue weighted by Gasteiger charge is 2.38. The standard InChI is InChI=1S/C26H26N4O5/c1-29(18-10-16(11-18)25(32)33)24(31)14-30-13-17(12-27-30)28-26(34)35-15-23-21-8-4-2-6-19(21)20-7-3-5-9-22(20)23/h2-9,12-13,16,18,23H,10-11,14-15H2,1H3,(H,28,34)(H,32,33). The van der Waals surface area contributed by atoms with Gasteiger partial charge < -0.3 is 14.7 Å². The molecule has 0 spiro atoms. The SMILES string of the molecule is CN(C(=O)Cn1cc(NC(=O)OCC2c3ccccc3-c3ccccc32)cn1)C1CC(C(=O)O)C1. The summed E-state index contributed by atoms with van der Waals surface area (Å²) in [6.45, 7) is 0.201. The zero-order valence-corrected chi connectivity index (χ0v) is 19.3. The number of ether oxygens (including phenoxy) is 1. The highest BCUT2D eigenvalue weighted by atomic mass is 16.5. The van der Waals surface area contributed by atoms with Gasteiger partial charge in [-0.05, 0) is 35.1 Å². The summed E-state index contributed by atoms with van der Waals surface area (Å²) in [5.74, 6) is -1.41. The average molecular weight is 475 g/mol. The van der Waals surface area contributed by atoms with Crippen molar-refractivity contribution in [3.63, 3.8) is 0 Å². The lowest BCUT2D eigenvalue weighted by atomic mass is 9.79. The lowest BCUT2D eigenvalue weighted by Gasteiger charge is -2.39. The number of carbonyl (C=O) groups is 3. The van der Waals surface area contributed by atoms with Gasteiger partial charge in [-0.3, -0.25) is 19.6 Å². The molecule has 3 aromatic rings. The monoisotopic (exact) mass is 474 g/mol. The van der Waals surface area contributed by atoms with Crippen LogP contribution in [0.2, 0.25) is 0 Å². The van der Waals surface area contributed by atoms with Gasteiger partial charge in [0, 0.05) is 25.2 Å². The molecule has 35 heavy (non-hydrogen) atoms. The van der Waals surface area contributed by atoms with Crippen LogP contribution in [0.5, 0.6) is 0 Å². The van der Waals surface area contributed by atoms with E-state index in [-0.39, 0.29) is 36.9 Å². The minimum Gasteiger partial charge on any atom is -0.481 e. The Labute approximate surface area is 202 Å². The molecule has 2 N–H and O–H groups in total. The number of likely N-dealkylation sites (N-methyl/N-ethyl adjacent to an activating group) is 1. The van der Waals surface area contributed by atoms with E-state index < -0.39 is 12.1 Å². The zero-order chi connectivity index (χ0) is 24.5. The molecule has 0 aliphatic heterocycles. The van der Waals surface area contributed by atoms with E-state index in [1.807, 2.05) is 24.3 Å². The van der Waals surface area contributed by atoms with Crippen LogP contribution in [-0.4, -0.2) is 57.5 Å². The van der Waals surface area contributed by atoms with Crippen molar-refractivity contribution in [1.29, 1.82) is 0 Å². The predicted octanol–water partition coefficient (Wildman–Crippen LogP) is 3.57. The molecule has 2 aliphatic rings. The smallest absolute Gasteiger partial charge is 0.411 e. The van der Waals surface area contributed by atoms with E-state index in [0.717, 1.165) is 22.3 Å². The van der Waals surface area contributed by atoms with Crippen molar-refractivity contribution in [2.24, 2.45) is 5.92 Å². The van der Waals surface area contributed by atoms with Gasteiger partial charge >= 0.3 is 12.1 Å². The number of carbonyl (C=O) groups excluding carboxylic acids is 2. The largest absolute Gasteiger partial charge is 0.481 e. The fraction of sp³-hybridized carbons (Fsp3) is 0.308. The molecule has 0 saturated heterocycles. The predicted molar refractivity (Wildman–Crippen MR) is 128 cm³/mol. The van der Waals surface area contributed by atoms with Gasteiger partial charge in [-0.15, -0.1) is 0 Å². The third kappa shape index (κ3) is 4.49. The van der Waals surface area contributed by atoms with Crippen LogP contribution in [0.3, 0.4) is 0 Å². The van der Waals surface area contributed by atoms with Gasteiger partial charge in [0.15, 0.2) is 0 Å². The fourth-order valence-electron chi connectivity index (χ4n) is 4.83. The fourth-order valence-corrected chi connectivity index (χ4v) is 4.83. The van der Waals surface area contributed by atoms with Crippen molar-refractivity contribution >= 4 is 23.7 Å². The summed E-state index contributed by atoms with van der Waals surface area (Å²) in [5.41, 5.74) is 5.02. The van der Waals surface area contributed by atoms with Crippen LogP contribution < -0.4 is 5.32 Å². The molecule has 9 heteroatoms. The van der Waals surface area contributed by atoms with Crippen LogP contribution >= 0.6 is 0 Å². The number of carboxylic acid groups (broad SMARTS) is 1. The minimum atomic E-state index is -0.821. The summed E-state index contributed by atoms with van der Waals surface area (Å²) in [5, 5.41) is 15.8. The van der Waals surface area contributed by atoms with E-state index in [2.05, 4.69) is 34.7 Å². The maximum absolute atomic E-state index is 12.5. The number of anilines is 1. The van der Waals surface area contributed by atoms with E-state index in [9.17, 15) is 14.4 Å². The van der Waals surface area contributed by atoms with Crippen molar-refractivity contribution in [2.45, 2.75) is 31.3 Å². The average Bonchev–Trinajstić information content (AvgIpc) is 3.38. The number of rotatable bonds is 7. The number of fused-ring (bicyclic) bond motifs is 3. The van der Waals surface area contributed by atoms with Gasteiger partial charge in [0.25, 0.3) is 0 Å². The number of benzene rings is 2. The first-order chi connectivity index (χ1) is 16.9. The van der Waals surface area contributed by atoms with Gasteiger partial charge in [0.1, 0.15) is 13.2 Å². The second-order valence-electron chi connectivity index (χ2n) is 9.04. The summed E-state index contributed by atoms with van der Waals surface area (Å²) in [6.07, 6.45) is 3.35. The number of carboxylic acids is 1. The maximum atomic E-state index is 12.5. The molecular formula is C26H26N4O5. The Morgan fingerprint density at radius 3 is 2.34 bits per heavy atom. The molecule has 1 aromatic heterocycles. The van der Waals surface area contributed by atoms with Crippen molar-refractivity contribution in [3.8, 4) is 11.1 Å². The van der Waals surface area contributed by atoms with Gasteiger partial charge in [0.2, 0.25) is 5.91 Å². The quantitative estimate of drug-likeness (QED) is 0.541. The highest BCUT2D eigenvalue weighted by molar-refractivity contribution is 5.85. The summed E-state index contributed by atoms with van der Waals surface area (Å²) in [4.78, 5) is 37.5. The van der Waals surface area contributed by atoms with E-state index in [0.29, 0.717) is 18.5 Å². The lowest BCUT2D eigenvalue weighted by molar-refractivity contribution is -0.150. The van der Waals surface area contributed by atoms with Gasteiger partial charge in [-0.2, -0.15) is 5.10 Å². The summed E-state index contributed by atoms with van der Waals surface area (Å²) in [6, 6.07) is 16.2. The molecule has 0 unspecified atom stereocenters. The summed E-state index contributed by atoms with van der Waals surface area (Å²) < 4.78 is 6.98. The first kappa shape index (κ1) is 22.6. The van der Waals surface area contributed by atoms with Gasteiger partial charge in [0.05, 0.1) is 17.8 Å². The molecule has 0 radical (unpaired) electrons. The van der Waals surface area contributed by atoms with Crippen LogP contribution in [0.15, 0.2) is 60.9 Å². The minimum absolute atomic E-state index is 0.00287. The van der Waals surface area contributed by atoms with E-state index in [1.54, 1.807) is 18.1 Å². The lowest BCUT2D eigenvalue weighted by Crippen LogP contribution is -2.48. The number of hydrogen-bond donors (Lipinski definition) is 2. The third-order valence-corrected chi connectivity index (χ3v) is 6.92. The maximum Gasteiger partial charge on any atom is 0.411 e. The number of nitrogens with zero attached hydrogens (tertiary/aromatic N) is 3. The van der Waals surface area contributed by atoms with Crippen LogP contribution in [0, 0.1) is 5.92 Å². The van der Waals surface area contributed by atoms with Crippen LogP contribution in [0.1, 0.15) is 29.9 Å². The Morgan fingerprint density at radius 1 is 1.09 bits per heavy atom. The van der Waals surface area contributed by atoms with Crippen molar-refractivity contribution in [2.75, 3.05) is 19.0 Å². The Morgan fingerprint density at radius 2 is 1.71 bits per heavy atom. The Balaban J connectivity index is 1.14. The molecule has 180 valence electrons. The van der Waals surface area contributed by atoms with E-state index in [4.69, 9.17) is 9.84 Å². The Kier molecular flexibility index (Phi) is 5.98. The molecule has 0 atom stereocenters. The number of hydrogen-bond acceptors (Lipinski definition) is 5. The molecule has 2 aromatic carbocycles. The topological polar surface area (TPSA) is 114 Å². The van der Waals surface area contributed by atoms with Crippen molar-refractivity contribution in [3.05, 3.63) is 72.1 Å². The Hall–Kier alpha value is -4.14.